The minimum atomic E-state index is -0.420. The number of imide groups is 1. The van der Waals surface area contributed by atoms with E-state index in [-0.39, 0.29) is 18.5 Å². The summed E-state index contributed by atoms with van der Waals surface area (Å²) in [6, 6.07) is -0.780. The Labute approximate surface area is 70.4 Å². The molecular formula is C7H12N2O3. The topological polar surface area (TPSA) is 69.6 Å². The molecule has 0 aromatic rings. The molecule has 1 aliphatic heterocycles. The third-order valence-electron chi connectivity index (χ3n) is 1.76. The molecule has 1 aliphatic rings. The number of carbonyl (C=O) groups is 2. The molecule has 1 rings (SSSR count). The normalized spacial score (nSPS) is 23.2. The lowest BCUT2D eigenvalue weighted by atomic mass is 10.3. The van der Waals surface area contributed by atoms with E-state index in [0.29, 0.717) is 13.0 Å². The molecule has 1 atom stereocenters. The Morgan fingerprint density at radius 3 is 2.67 bits per heavy atom. The lowest BCUT2D eigenvalue weighted by molar-refractivity contribution is -0.127. The number of aliphatic hydroxyl groups is 1. The lowest BCUT2D eigenvalue weighted by Crippen LogP contribution is -2.32. The zero-order chi connectivity index (χ0) is 9.14. The predicted octanol–water partition coefficient (Wildman–Crippen LogP) is -0.691. The summed E-state index contributed by atoms with van der Waals surface area (Å²) < 4.78 is 0. The molecule has 5 heteroatoms. The molecular weight excluding hydrogens is 160 g/mol. The zero-order valence-corrected chi connectivity index (χ0v) is 6.91. The second-order valence-electron chi connectivity index (χ2n) is 2.74. The van der Waals surface area contributed by atoms with E-state index >= 15 is 0 Å². The van der Waals surface area contributed by atoms with Crippen LogP contribution in [0, 0.1) is 0 Å². The van der Waals surface area contributed by atoms with Crippen molar-refractivity contribution < 1.29 is 14.7 Å². The van der Waals surface area contributed by atoms with Crippen molar-refractivity contribution in [2.24, 2.45) is 0 Å². The molecule has 0 aromatic carbocycles. The molecule has 68 valence electrons. The number of aliphatic hydroxyl groups excluding tert-OH is 1. The number of rotatable bonds is 3. The highest BCUT2D eigenvalue weighted by molar-refractivity contribution is 6.03. The van der Waals surface area contributed by atoms with Gasteiger partial charge in [0.05, 0.1) is 0 Å². The Kier molecular flexibility index (Phi) is 2.65. The molecule has 0 bridgehead atoms. The van der Waals surface area contributed by atoms with Crippen molar-refractivity contribution in [1.82, 2.24) is 10.2 Å². The second-order valence-corrected chi connectivity index (χ2v) is 2.74. The second kappa shape index (κ2) is 3.53. The largest absolute Gasteiger partial charge is 0.396 e. The lowest BCUT2D eigenvalue weighted by Gasteiger charge is -2.10. The highest BCUT2D eigenvalue weighted by Crippen LogP contribution is 2.05. The highest BCUT2D eigenvalue weighted by Gasteiger charge is 2.33. The Balaban J connectivity index is 2.52. The van der Waals surface area contributed by atoms with Gasteiger partial charge in [0.25, 0.3) is 5.91 Å². The Bertz CT molecular complexity index is 205. The molecule has 0 spiro atoms. The van der Waals surface area contributed by atoms with E-state index in [1.165, 1.54) is 0 Å². The van der Waals surface area contributed by atoms with Crippen molar-refractivity contribution in [3.63, 3.8) is 0 Å². The van der Waals surface area contributed by atoms with Crippen LogP contribution in [0.2, 0.25) is 0 Å². The average molecular weight is 172 g/mol. The van der Waals surface area contributed by atoms with Gasteiger partial charge < -0.3 is 10.4 Å². The molecule has 0 aromatic heterocycles. The van der Waals surface area contributed by atoms with Crippen LogP contribution in [0.1, 0.15) is 13.3 Å². The van der Waals surface area contributed by atoms with Gasteiger partial charge in [-0.25, -0.2) is 4.79 Å². The monoisotopic (exact) mass is 172 g/mol. The molecule has 1 saturated heterocycles. The van der Waals surface area contributed by atoms with Gasteiger partial charge in [0.1, 0.15) is 6.04 Å². The molecule has 5 nitrogen and oxygen atoms in total. The molecule has 0 radical (unpaired) electrons. The fraction of sp³-hybridized carbons (Fsp3) is 0.714. The van der Waals surface area contributed by atoms with Crippen molar-refractivity contribution >= 4 is 11.9 Å². The van der Waals surface area contributed by atoms with Crippen LogP contribution >= 0.6 is 0 Å². The summed E-state index contributed by atoms with van der Waals surface area (Å²) in [5, 5.41) is 11.0. The SMILES string of the molecule is CC1NC(=O)N(CCCO)C1=O. The van der Waals surface area contributed by atoms with Crippen LogP contribution in [-0.4, -0.2) is 41.1 Å². The van der Waals surface area contributed by atoms with Crippen LogP contribution in [0.4, 0.5) is 4.79 Å². The van der Waals surface area contributed by atoms with Gasteiger partial charge in [-0.3, -0.25) is 9.69 Å². The van der Waals surface area contributed by atoms with Crippen LogP contribution in [0.3, 0.4) is 0 Å². The number of nitrogens with one attached hydrogen (secondary N) is 1. The Morgan fingerprint density at radius 2 is 2.25 bits per heavy atom. The summed E-state index contributed by atoms with van der Waals surface area (Å²) in [5.41, 5.74) is 0. The molecule has 1 heterocycles. The summed E-state index contributed by atoms with van der Waals surface area (Å²) >= 11 is 0. The number of carbonyl (C=O) groups excluding carboxylic acids is 2. The van der Waals surface area contributed by atoms with Crippen molar-refractivity contribution in [1.29, 1.82) is 0 Å². The van der Waals surface area contributed by atoms with E-state index in [4.69, 9.17) is 5.11 Å². The summed E-state index contributed by atoms with van der Waals surface area (Å²) in [4.78, 5) is 23.3. The number of urea groups is 1. The first-order chi connectivity index (χ1) is 5.66. The van der Waals surface area contributed by atoms with E-state index in [1.807, 2.05) is 0 Å². The third-order valence-corrected chi connectivity index (χ3v) is 1.76. The van der Waals surface area contributed by atoms with Crippen LogP contribution in [-0.2, 0) is 4.79 Å². The van der Waals surface area contributed by atoms with Crippen molar-refractivity contribution in [2.75, 3.05) is 13.2 Å². The highest BCUT2D eigenvalue weighted by atomic mass is 16.3. The summed E-state index contributed by atoms with van der Waals surface area (Å²) in [6.45, 7) is 1.93. The maximum atomic E-state index is 11.2. The van der Waals surface area contributed by atoms with Gasteiger partial charge in [-0.05, 0) is 13.3 Å². The van der Waals surface area contributed by atoms with E-state index < -0.39 is 6.04 Å². The first kappa shape index (κ1) is 8.99. The van der Waals surface area contributed by atoms with Crippen LogP contribution in [0.15, 0.2) is 0 Å². The summed E-state index contributed by atoms with van der Waals surface area (Å²) in [6.07, 6.45) is 0.436. The van der Waals surface area contributed by atoms with Gasteiger partial charge in [-0.1, -0.05) is 0 Å². The zero-order valence-electron chi connectivity index (χ0n) is 6.91. The van der Waals surface area contributed by atoms with E-state index in [0.717, 1.165) is 4.90 Å². The molecule has 1 unspecified atom stereocenters. The van der Waals surface area contributed by atoms with E-state index in [9.17, 15) is 9.59 Å². The van der Waals surface area contributed by atoms with E-state index in [1.54, 1.807) is 6.92 Å². The first-order valence-electron chi connectivity index (χ1n) is 3.89. The Hall–Kier alpha value is -1.10. The number of hydrogen-bond donors (Lipinski definition) is 2. The minimum absolute atomic E-state index is 0.00849. The molecule has 2 N–H and O–H groups in total. The minimum Gasteiger partial charge on any atom is -0.396 e. The average Bonchev–Trinajstić information content (AvgIpc) is 2.25. The van der Waals surface area contributed by atoms with E-state index in [2.05, 4.69) is 5.32 Å². The molecule has 0 aliphatic carbocycles. The molecule has 0 saturated carbocycles. The standard InChI is InChI=1S/C7H12N2O3/c1-5-6(11)9(3-2-4-10)7(12)8-5/h5,10H,2-4H2,1H3,(H,8,12). The maximum Gasteiger partial charge on any atom is 0.324 e. The number of hydrogen-bond acceptors (Lipinski definition) is 3. The molecule has 1 fully saturated rings. The maximum absolute atomic E-state index is 11.2. The van der Waals surface area contributed by atoms with Crippen molar-refractivity contribution in [3.8, 4) is 0 Å². The van der Waals surface area contributed by atoms with Gasteiger partial charge in [0.2, 0.25) is 0 Å². The van der Waals surface area contributed by atoms with Gasteiger partial charge in [0.15, 0.2) is 0 Å². The number of nitrogens with zero attached hydrogens (tertiary/aromatic N) is 1. The van der Waals surface area contributed by atoms with Gasteiger partial charge in [-0.15, -0.1) is 0 Å². The molecule has 12 heavy (non-hydrogen) atoms. The van der Waals surface area contributed by atoms with Crippen molar-refractivity contribution in [2.45, 2.75) is 19.4 Å². The van der Waals surface area contributed by atoms with Gasteiger partial charge in [-0.2, -0.15) is 0 Å². The fourth-order valence-electron chi connectivity index (χ4n) is 1.10. The van der Waals surface area contributed by atoms with Gasteiger partial charge >= 0.3 is 6.03 Å². The first-order valence-corrected chi connectivity index (χ1v) is 3.89. The smallest absolute Gasteiger partial charge is 0.324 e. The van der Waals surface area contributed by atoms with Gasteiger partial charge in [0, 0.05) is 13.2 Å². The fourth-order valence-corrected chi connectivity index (χ4v) is 1.10. The van der Waals surface area contributed by atoms with Crippen molar-refractivity contribution in [3.05, 3.63) is 0 Å². The quantitative estimate of drug-likeness (QED) is 0.553. The summed E-state index contributed by atoms with van der Waals surface area (Å²) in [5.74, 6) is -0.214. The molecule has 3 amide bonds. The third kappa shape index (κ3) is 1.55. The van der Waals surface area contributed by atoms with Crippen LogP contribution in [0.5, 0.6) is 0 Å². The number of amides is 3. The summed E-state index contributed by atoms with van der Waals surface area (Å²) in [7, 11) is 0. The van der Waals surface area contributed by atoms with Crippen LogP contribution < -0.4 is 5.32 Å². The van der Waals surface area contributed by atoms with Crippen LogP contribution in [0.25, 0.3) is 0 Å². The Morgan fingerprint density at radius 1 is 1.58 bits per heavy atom. The predicted molar refractivity (Wildman–Crippen MR) is 41.4 cm³/mol.